The average Bonchev–Trinajstić information content (AvgIpc) is 2.80. The van der Waals surface area contributed by atoms with Gasteiger partial charge >= 0.3 is 0 Å². The summed E-state index contributed by atoms with van der Waals surface area (Å²) < 4.78 is 30.6. The molecule has 0 aliphatic carbocycles. The predicted octanol–water partition coefficient (Wildman–Crippen LogP) is 0.589. The Morgan fingerprint density at radius 3 is 2.90 bits per heavy atom. The third kappa shape index (κ3) is 6.67. The standard InChI is InChI=1S/C12H20F2N2O3S/c1-9-11(20-8-16-9)2-3-19-5-10(18)4-15-6-12(13,14)7-17/h8,10,15,17-18H,2-7H2,1H3. The molecule has 0 bridgehead atoms. The van der Waals surface area contributed by atoms with Crippen molar-refractivity contribution in [2.75, 3.05) is 32.9 Å². The van der Waals surface area contributed by atoms with Crippen molar-refractivity contribution in [2.45, 2.75) is 25.4 Å². The molecule has 3 N–H and O–H groups in total. The van der Waals surface area contributed by atoms with Crippen molar-refractivity contribution in [3.05, 3.63) is 16.1 Å². The Balaban J connectivity index is 2.06. The van der Waals surface area contributed by atoms with Gasteiger partial charge in [-0.3, -0.25) is 0 Å². The van der Waals surface area contributed by atoms with Crippen molar-refractivity contribution in [3.63, 3.8) is 0 Å². The zero-order chi connectivity index (χ0) is 15.0. The molecule has 0 radical (unpaired) electrons. The second-order valence-electron chi connectivity index (χ2n) is 4.48. The predicted molar refractivity (Wildman–Crippen MR) is 72.3 cm³/mol. The van der Waals surface area contributed by atoms with E-state index in [1.807, 2.05) is 6.92 Å². The van der Waals surface area contributed by atoms with Gasteiger partial charge in [-0.2, -0.15) is 0 Å². The SMILES string of the molecule is Cc1ncsc1CCOCC(O)CNCC(F)(F)CO. The molecule has 1 rings (SSSR count). The van der Waals surface area contributed by atoms with Crippen LogP contribution in [-0.4, -0.2) is 60.1 Å². The first-order valence-electron chi connectivity index (χ1n) is 6.29. The van der Waals surface area contributed by atoms with Gasteiger partial charge in [0.15, 0.2) is 0 Å². The number of aliphatic hydroxyl groups excluding tert-OH is 2. The molecule has 1 unspecified atom stereocenters. The van der Waals surface area contributed by atoms with Crippen LogP contribution >= 0.6 is 11.3 Å². The Morgan fingerprint density at radius 2 is 2.30 bits per heavy atom. The zero-order valence-electron chi connectivity index (χ0n) is 11.3. The number of rotatable bonds is 10. The summed E-state index contributed by atoms with van der Waals surface area (Å²) >= 11 is 1.55. The number of nitrogens with one attached hydrogen (secondary N) is 1. The van der Waals surface area contributed by atoms with Crippen LogP contribution in [0.5, 0.6) is 0 Å². The fraction of sp³-hybridized carbons (Fsp3) is 0.750. The summed E-state index contributed by atoms with van der Waals surface area (Å²) in [7, 11) is 0. The molecule has 1 aromatic rings. The first-order chi connectivity index (χ1) is 9.44. The first-order valence-corrected chi connectivity index (χ1v) is 7.17. The summed E-state index contributed by atoms with van der Waals surface area (Å²) in [6.07, 6.45) is -0.133. The van der Waals surface area contributed by atoms with E-state index in [9.17, 15) is 13.9 Å². The molecular weight excluding hydrogens is 290 g/mol. The van der Waals surface area contributed by atoms with Crippen LogP contribution in [0.3, 0.4) is 0 Å². The summed E-state index contributed by atoms with van der Waals surface area (Å²) in [6.45, 7) is 0.574. The number of halogens is 2. The maximum Gasteiger partial charge on any atom is 0.282 e. The number of nitrogens with zero attached hydrogens (tertiary/aromatic N) is 1. The number of aliphatic hydroxyl groups is 2. The van der Waals surface area contributed by atoms with Crippen LogP contribution in [0, 0.1) is 6.92 Å². The molecular formula is C12H20F2N2O3S. The van der Waals surface area contributed by atoms with E-state index in [0.717, 1.165) is 17.0 Å². The molecule has 116 valence electrons. The topological polar surface area (TPSA) is 74.6 Å². The fourth-order valence-corrected chi connectivity index (χ4v) is 2.25. The lowest BCUT2D eigenvalue weighted by molar-refractivity contribution is -0.0502. The minimum atomic E-state index is -3.16. The molecule has 8 heteroatoms. The van der Waals surface area contributed by atoms with E-state index in [-0.39, 0.29) is 13.2 Å². The van der Waals surface area contributed by atoms with Gasteiger partial charge in [0.05, 0.1) is 37.1 Å². The molecule has 0 fully saturated rings. The Labute approximate surface area is 120 Å². The Kier molecular flexibility index (Phi) is 7.46. The van der Waals surface area contributed by atoms with Gasteiger partial charge < -0.3 is 20.3 Å². The summed E-state index contributed by atoms with van der Waals surface area (Å²) in [4.78, 5) is 5.25. The van der Waals surface area contributed by atoms with E-state index in [2.05, 4.69) is 10.3 Å². The Morgan fingerprint density at radius 1 is 1.55 bits per heavy atom. The van der Waals surface area contributed by atoms with Gasteiger partial charge in [-0.1, -0.05) is 0 Å². The van der Waals surface area contributed by atoms with Crippen molar-refractivity contribution in [1.29, 1.82) is 0 Å². The minimum Gasteiger partial charge on any atom is -0.390 e. The van der Waals surface area contributed by atoms with E-state index in [0.29, 0.717) is 6.61 Å². The van der Waals surface area contributed by atoms with Crippen LogP contribution in [0.25, 0.3) is 0 Å². The molecule has 0 amide bonds. The van der Waals surface area contributed by atoms with Gasteiger partial charge in [-0.25, -0.2) is 13.8 Å². The van der Waals surface area contributed by atoms with Crippen LogP contribution < -0.4 is 5.32 Å². The van der Waals surface area contributed by atoms with Crippen LogP contribution in [0.4, 0.5) is 8.78 Å². The smallest absolute Gasteiger partial charge is 0.282 e. The van der Waals surface area contributed by atoms with Crippen LogP contribution in [0.15, 0.2) is 5.51 Å². The second-order valence-corrected chi connectivity index (χ2v) is 5.42. The fourth-order valence-electron chi connectivity index (χ4n) is 1.49. The number of aryl methyl sites for hydroxylation is 1. The number of hydrogen-bond donors (Lipinski definition) is 3. The first kappa shape index (κ1) is 17.4. The summed E-state index contributed by atoms with van der Waals surface area (Å²) in [5.41, 5.74) is 2.75. The third-order valence-corrected chi connectivity index (χ3v) is 3.62. The molecule has 20 heavy (non-hydrogen) atoms. The van der Waals surface area contributed by atoms with Crippen LogP contribution in [0.2, 0.25) is 0 Å². The molecule has 5 nitrogen and oxygen atoms in total. The lowest BCUT2D eigenvalue weighted by Crippen LogP contribution is -2.40. The van der Waals surface area contributed by atoms with E-state index in [1.54, 1.807) is 16.8 Å². The molecule has 1 atom stereocenters. The van der Waals surface area contributed by atoms with Crippen molar-refractivity contribution in [2.24, 2.45) is 0 Å². The highest BCUT2D eigenvalue weighted by atomic mass is 32.1. The largest absolute Gasteiger partial charge is 0.390 e. The van der Waals surface area contributed by atoms with E-state index >= 15 is 0 Å². The zero-order valence-corrected chi connectivity index (χ0v) is 12.1. The number of ether oxygens (including phenoxy) is 1. The van der Waals surface area contributed by atoms with Gasteiger partial charge in [-0.15, -0.1) is 11.3 Å². The molecule has 0 aromatic carbocycles. The molecule has 0 aliphatic heterocycles. The number of thiazole rings is 1. The molecule has 1 aromatic heterocycles. The molecule has 0 saturated heterocycles. The van der Waals surface area contributed by atoms with Crippen molar-refractivity contribution in [3.8, 4) is 0 Å². The monoisotopic (exact) mass is 310 g/mol. The van der Waals surface area contributed by atoms with E-state index in [4.69, 9.17) is 9.84 Å². The van der Waals surface area contributed by atoms with Crippen molar-refractivity contribution >= 4 is 11.3 Å². The molecule has 1 heterocycles. The quantitative estimate of drug-likeness (QED) is 0.552. The maximum atomic E-state index is 12.7. The summed E-state index contributed by atoms with van der Waals surface area (Å²) in [5, 5.41) is 20.3. The van der Waals surface area contributed by atoms with Gasteiger partial charge in [0.2, 0.25) is 0 Å². The molecule has 0 saturated carbocycles. The minimum absolute atomic E-state index is 0.00479. The van der Waals surface area contributed by atoms with Crippen LogP contribution in [-0.2, 0) is 11.2 Å². The Bertz CT molecular complexity index is 391. The van der Waals surface area contributed by atoms with Crippen molar-refractivity contribution in [1.82, 2.24) is 10.3 Å². The van der Waals surface area contributed by atoms with Gasteiger partial charge in [-0.05, 0) is 6.92 Å². The lowest BCUT2D eigenvalue weighted by Gasteiger charge is -2.16. The highest BCUT2D eigenvalue weighted by Gasteiger charge is 2.27. The van der Waals surface area contributed by atoms with Gasteiger partial charge in [0.1, 0.15) is 6.61 Å². The number of aromatic nitrogens is 1. The van der Waals surface area contributed by atoms with Crippen LogP contribution in [0.1, 0.15) is 10.6 Å². The van der Waals surface area contributed by atoms with Gasteiger partial charge in [0.25, 0.3) is 5.92 Å². The normalized spacial score (nSPS) is 13.7. The van der Waals surface area contributed by atoms with Crippen molar-refractivity contribution < 1.29 is 23.7 Å². The number of alkyl halides is 2. The highest BCUT2D eigenvalue weighted by molar-refractivity contribution is 7.09. The molecule has 0 spiro atoms. The second kappa shape index (κ2) is 8.58. The Hall–Kier alpha value is -0.670. The highest BCUT2D eigenvalue weighted by Crippen LogP contribution is 2.12. The van der Waals surface area contributed by atoms with E-state index in [1.165, 1.54) is 0 Å². The average molecular weight is 310 g/mol. The summed E-state index contributed by atoms with van der Waals surface area (Å²) in [5.74, 6) is -3.16. The lowest BCUT2D eigenvalue weighted by atomic mass is 10.3. The van der Waals surface area contributed by atoms with E-state index < -0.39 is 25.2 Å². The third-order valence-electron chi connectivity index (χ3n) is 2.62. The molecule has 0 aliphatic rings. The summed E-state index contributed by atoms with van der Waals surface area (Å²) in [6, 6.07) is 0. The number of hydrogen-bond acceptors (Lipinski definition) is 6. The maximum absolute atomic E-state index is 12.7. The van der Waals surface area contributed by atoms with Gasteiger partial charge in [0, 0.05) is 17.8 Å².